The molecule has 2 aromatic rings. The molecular formula is C15H18N2O2. The van der Waals surface area contributed by atoms with E-state index in [4.69, 9.17) is 5.73 Å². The van der Waals surface area contributed by atoms with Gasteiger partial charge in [0.25, 0.3) is 0 Å². The minimum absolute atomic E-state index is 0.0354. The van der Waals surface area contributed by atoms with Crippen LogP contribution in [0.15, 0.2) is 48.5 Å². The Bertz CT molecular complexity index is 529. The molecule has 0 spiro atoms. The van der Waals surface area contributed by atoms with E-state index in [-0.39, 0.29) is 11.4 Å². The SMILES string of the molecule is Nc1cc(C(O)CNCc2ccccc2)ccc1O. The summed E-state index contributed by atoms with van der Waals surface area (Å²) < 4.78 is 0. The van der Waals surface area contributed by atoms with Crippen LogP contribution in [-0.4, -0.2) is 16.8 Å². The van der Waals surface area contributed by atoms with Crippen LogP contribution in [-0.2, 0) is 6.54 Å². The Hall–Kier alpha value is -2.04. The Morgan fingerprint density at radius 2 is 1.84 bits per heavy atom. The normalized spacial score (nSPS) is 12.3. The van der Waals surface area contributed by atoms with Crippen LogP contribution in [0.4, 0.5) is 5.69 Å². The standard InChI is InChI=1S/C15H18N2O2/c16-13-8-12(6-7-14(13)18)15(19)10-17-9-11-4-2-1-3-5-11/h1-8,15,17-19H,9-10,16H2. The lowest BCUT2D eigenvalue weighted by Crippen LogP contribution is -2.21. The molecule has 0 aromatic heterocycles. The maximum atomic E-state index is 10.0. The van der Waals surface area contributed by atoms with Crippen molar-refractivity contribution in [2.45, 2.75) is 12.6 Å². The number of phenols is 1. The van der Waals surface area contributed by atoms with E-state index in [0.717, 1.165) is 0 Å². The molecule has 19 heavy (non-hydrogen) atoms. The van der Waals surface area contributed by atoms with Crippen LogP contribution in [0.1, 0.15) is 17.2 Å². The molecule has 0 saturated heterocycles. The number of nitrogen functional groups attached to an aromatic ring is 1. The number of aliphatic hydroxyl groups is 1. The van der Waals surface area contributed by atoms with Gasteiger partial charge in [0.2, 0.25) is 0 Å². The van der Waals surface area contributed by atoms with Gasteiger partial charge >= 0.3 is 0 Å². The second-order valence-corrected chi connectivity index (χ2v) is 4.45. The number of hydrogen-bond acceptors (Lipinski definition) is 4. The van der Waals surface area contributed by atoms with Crippen molar-refractivity contribution >= 4 is 5.69 Å². The predicted molar refractivity (Wildman–Crippen MR) is 75.6 cm³/mol. The van der Waals surface area contributed by atoms with Crippen molar-refractivity contribution in [2.24, 2.45) is 0 Å². The van der Waals surface area contributed by atoms with Crippen molar-refractivity contribution in [3.63, 3.8) is 0 Å². The highest BCUT2D eigenvalue weighted by atomic mass is 16.3. The van der Waals surface area contributed by atoms with Gasteiger partial charge in [0.05, 0.1) is 11.8 Å². The number of nitrogens with one attached hydrogen (secondary N) is 1. The van der Waals surface area contributed by atoms with Crippen molar-refractivity contribution in [2.75, 3.05) is 12.3 Å². The van der Waals surface area contributed by atoms with Crippen LogP contribution in [0.2, 0.25) is 0 Å². The van der Waals surface area contributed by atoms with Crippen LogP contribution in [0.5, 0.6) is 5.75 Å². The zero-order valence-corrected chi connectivity index (χ0v) is 10.6. The largest absolute Gasteiger partial charge is 0.506 e. The van der Waals surface area contributed by atoms with Crippen molar-refractivity contribution in [1.29, 1.82) is 0 Å². The molecule has 2 aromatic carbocycles. The minimum Gasteiger partial charge on any atom is -0.506 e. The average Bonchev–Trinajstić information content (AvgIpc) is 2.43. The molecule has 0 aliphatic rings. The quantitative estimate of drug-likeness (QED) is 0.487. The zero-order chi connectivity index (χ0) is 13.7. The number of aliphatic hydroxyl groups excluding tert-OH is 1. The lowest BCUT2D eigenvalue weighted by Gasteiger charge is -2.13. The van der Waals surface area contributed by atoms with Crippen LogP contribution >= 0.6 is 0 Å². The fourth-order valence-electron chi connectivity index (χ4n) is 1.85. The Morgan fingerprint density at radius 3 is 2.53 bits per heavy atom. The summed E-state index contributed by atoms with van der Waals surface area (Å²) in [4.78, 5) is 0. The van der Waals surface area contributed by atoms with Gasteiger partial charge in [-0.05, 0) is 23.3 Å². The maximum Gasteiger partial charge on any atom is 0.138 e. The number of anilines is 1. The van der Waals surface area contributed by atoms with Gasteiger partial charge < -0.3 is 21.3 Å². The van der Waals surface area contributed by atoms with Gasteiger partial charge in [0, 0.05) is 13.1 Å². The van der Waals surface area contributed by atoms with E-state index in [1.165, 1.54) is 11.6 Å². The maximum absolute atomic E-state index is 10.0. The van der Waals surface area contributed by atoms with Gasteiger partial charge in [0.15, 0.2) is 0 Å². The molecule has 0 fully saturated rings. The molecular weight excluding hydrogens is 240 g/mol. The van der Waals surface area contributed by atoms with E-state index < -0.39 is 6.10 Å². The third-order valence-corrected chi connectivity index (χ3v) is 2.95. The first-order valence-electron chi connectivity index (χ1n) is 6.18. The summed E-state index contributed by atoms with van der Waals surface area (Å²) in [6, 6.07) is 14.7. The van der Waals surface area contributed by atoms with Gasteiger partial charge in [-0.2, -0.15) is 0 Å². The van der Waals surface area contributed by atoms with Crippen molar-refractivity contribution in [1.82, 2.24) is 5.32 Å². The molecule has 0 radical (unpaired) electrons. The van der Waals surface area contributed by atoms with E-state index in [9.17, 15) is 10.2 Å². The first kappa shape index (κ1) is 13.4. The molecule has 5 N–H and O–H groups in total. The smallest absolute Gasteiger partial charge is 0.138 e. The van der Waals surface area contributed by atoms with Crippen LogP contribution in [0.3, 0.4) is 0 Å². The molecule has 4 heteroatoms. The first-order valence-corrected chi connectivity index (χ1v) is 6.18. The lowest BCUT2D eigenvalue weighted by atomic mass is 10.1. The Kier molecular flexibility index (Phi) is 4.39. The third kappa shape index (κ3) is 3.71. The highest BCUT2D eigenvalue weighted by Crippen LogP contribution is 2.23. The van der Waals surface area contributed by atoms with Crippen LogP contribution in [0.25, 0.3) is 0 Å². The summed E-state index contributed by atoms with van der Waals surface area (Å²) in [5.74, 6) is 0.0354. The average molecular weight is 258 g/mol. The summed E-state index contributed by atoms with van der Waals surface area (Å²) in [5.41, 5.74) is 7.73. The number of rotatable bonds is 5. The second-order valence-electron chi connectivity index (χ2n) is 4.45. The van der Waals surface area contributed by atoms with E-state index in [1.807, 2.05) is 30.3 Å². The van der Waals surface area contributed by atoms with Gasteiger partial charge in [-0.15, -0.1) is 0 Å². The number of hydrogen-bond donors (Lipinski definition) is 4. The van der Waals surface area contributed by atoms with Crippen LogP contribution in [0, 0.1) is 0 Å². The second kappa shape index (κ2) is 6.22. The third-order valence-electron chi connectivity index (χ3n) is 2.95. The molecule has 1 atom stereocenters. The van der Waals surface area contributed by atoms with Crippen molar-refractivity contribution in [3.05, 3.63) is 59.7 Å². The first-order chi connectivity index (χ1) is 9.16. The molecule has 2 rings (SSSR count). The molecule has 1 unspecified atom stereocenters. The minimum atomic E-state index is -0.647. The van der Waals surface area contributed by atoms with Gasteiger partial charge in [-0.1, -0.05) is 36.4 Å². The van der Waals surface area contributed by atoms with Gasteiger partial charge in [-0.25, -0.2) is 0 Å². The Morgan fingerprint density at radius 1 is 1.11 bits per heavy atom. The number of nitrogens with two attached hydrogens (primary N) is 1. The number of aromatic hydroxyl groups is 1. The molecule has 100 valence electrons. The van der Waals surface area contributed by atoms with Crippen LogP contribution < -0.4 is 11.1 Å². The summed E-state index contributed by atoms with van der Waals surface area (Å²) >= 11 is 0. The van der Waals surface area contributed by atoms with Gasteiger partial charge in [-0.3, -0.25) is 0 Å². The highest BCUT2D eigenvalue weighted by molar-refractivity contribution is 5.53. The zero-order valence-electron chi connectivity index (χ0n) is 10.6. The van der Waals surface area contributed by atoms with Crippen molar-refractivity contribution < 1.29 is 10.2 Å². The van der Waals surface area contributed by atoms with Crippen molar-refractivity contribution in [3.8, 4) is 5.75 Å². The molecule has 0 aliphatic heterocycles. The fourth-order valence-corrected chi connectivity index (χ4v) is 1.85. The monoisotopic (exact) mass is 258 g/mol. The molecule has 0 aliphatic carbocycles. The Balaban J connectivity index is 1.87. The van der Waals surface area contributed by atoms with E-state index in [0.29, 0.717) is 18.7 Å². The Labute approximate surface area is 112 Å². The molecule has 0 bridgehead atoms. The van der Waals surface area contributed by atoms with E-state index in [1.54, 1.807) is 12.1 Å². The summed E-state index contributed by atoms with van der Waals surface area (Å²) in [6.45, 7) is 1.13. The van der Waals surface area contributed by atoms with E-state index in [2.05, 4.69) is 5.32 Å². The topological polar surface area (TPSA) is 78.5 Å². The molecule has 0 heterocycles. The lowest BCUT2D eigenvalue weighted by molar-refractivity contribution is 0.174. The molecule has 0 amide bonds. The molecule has 0 saturated carbocycles. The van der Waals surface area contributed by atoms with Gasteiger partial charge in [0.1, 0.15) is 5.75 Å². The molecule has 4 nitrogen and oxygen atoms in total. The number of benzene rings is 2. The summed E-state index contributed by atoms with van der Waals surface area (Å²) in [5, 5.41) is 22.5. The fraction of sp³-hybridized carbons (Fsp3) is 0.200. The van der Waals surface area contributed by atoms with E-state index >= 15 is 0 Å². The summed E-state index contributed by atoms with van der Waals surface area (Å²) in [6.07, 6.45) is -0.647. The highest BCUT2D eigenvalue weighted by Gasteiger charge is 2.08. The predicted octanol–water partition coefficient (Wildman–Crippen LogP) is 1.80. The summed E-state index contributed by atoms with van der Waals surface area (Å²) in [7, 11) is 0. The number of phenolic OH excluding ortho intramolecular Hbond substituents is 1.